The van der Waals surface area contributed by atoms with Crippen molar-refractivity contribution in [1.29, 1.82) is 0 Å². The van der Waals surface area contributed by atoms with Crippen molar-refractivity contribution >= 4 is 35.4 Å². The van der Waals surface area contributed by atoms with E-state index in [4.69, 9.17) is 0 Å². The molecule has 1 unspecified atom stereocenters. The second-order valence-corrected chi connectivity index (χ2v) is 9.79. The van der Waals surface area contributed by atoms with Crippen LogP contribution < -0.4 is 15.1 Å². The molecule has 0 spiro atoms. The SMILES string of the molecule is CN1CCN(c2cc(F)c(-c3cnc(N4CCCC4)nc3)cc2NC(=O)C2C=NC(=O)C=C2C(F)(F)F)CC1. The average Bonchev–Trinajstić information content (AvgIpc) is 3.45. The van der Waals surface area contributed by atoms with Gasteiger partial charge in [-0.15, -0.1) is 0 Å². The number of alkyl halides is 3. The van der Waals surface area contributed by atoms with E-state index < -0.39 is 35.3 Å². The predicted octanol–water partition coefficient (Wildman–Crippen LogP) is 3.29. The van der Waals surface area contributed by atoms with Crippen LogP contribution in [-0.4, -0.2) is 85.4 Å². The number of piperazine rings is 1. The number of carbonyl (C=O) groups is 2. The normalized spacial score (nSPS) is 20.4. The maximum absolute atomic E-state index is 15.5. The van der Waals surface area contributed by atoms with Crippen molar-refractivity contribution in [2.75, 3.05) is 61.4 Å². The third-order valence-corrected chi connectivity index (χ3v) is 7.10. The molecule has 1 N–H and O–H groups in total. The van der Waals surface area contributed by atoms with Crippen molar-refractivity contribution < 1.29 is 27.2 Å². The summed E-state index contributed by atoms with van der Waals surface area (Å²) in [5, 5.41) is 2.55. The zero-order chi connectivity index (χ0) is 27.7. The highest BCUT2D eigenvalue weighted by molar-refractivity contribution is 6.11. The van der Waals surface area contributed by atoms with Crippen LogP contribution in [0, 0.1) is 11.7 Å². The van der Waals surface area contributed by atoms with Crippen LogP contribution in [0.3, 0.4) is 0 Å². The molecule has 0 radical (unpaired) electrons. The molecule has 0 aliphatic carbocycles. The summed E-state index contributed by atoms with van der Waals surface area (Å²) in [7, 11) is 1.95. The zero-order valence-corrected chi connectivity index (χ0v) is 21.2. The Labute approximate surface area is 222 Å². The molecule has 0 bridgehead atoms. The lowest BCUT2D eigenvalue weighted by Gasteiger charge is -2.35. The molecule has 2 amide bonds. The standard InChI is InChI=1S/C26H27F4N7O2/c1-35-6-8-36(9-7-35)22-12-20(27)17(16-13-32-25(33-14-16)37-4-2-3-5-37)10-21(22)34-24(39)18-15-31-23(38)11-19(18)26(28,29)30/h10-15,18H,2-9H2,1H3,(H,34,39). The lowest BCUT2D eigenvalue weighted by Crippen LogP contribution is -2.45. The van der Waals surface area contributed by atoms with Gasteiger partial charge in [-0.25, -0.2) is 19.4 Å². The fraction of sp³-hybridized carbons (Fsp3) is 0.423. The van der Waals surface area contributed by atoms with E-state index in [1.165, 1.54) is 24.5 Å². The summed E-state index contributed by atoms with van der Waals surface area (Å²) in [5.74, 6) is -4.01. The molecule has 1 aromatic carbocycles. The molecule has 1 aromatic heterocycles. The molecule has 5 rings (SSSR count). The smallest absolute Gasteiger partial charge is 0.367 e. The minimum Gasteiger partial charge on any atom is -0.367 e. The van der Waals surface area contributed by atoms with Crippen LogP contribution in [0.15, 0.2) is 41.2 Å². The van der Waals surface area contributed by atoms with E-state index in [0.29, 0.717) is 55.7 Å². The van der Waals surface area contributed by atoms with Crippen molar-refractivity contribution in [2.24, 2.45) is 10.9 Å². The van der Waals surface area contributed by atoms with Crippen LogP contribution in [0.5, 0.6) is 0 Å². The van der Waals surface area contributed by atoms with E-state index in [1.807, 2.05) is 16.8 Å². The van der Waals surface area contributed by atoms with Crippen molar-refractivity contribution in [2.45, 2.75) is 19.0 Å². The van der Waals surface area contributed by atoms with Gasteiger partial charge in [0, 0.05) is 75.1 Å². The molecule has 13 heteroatoms. The van der Waals surface area contributed by atoms with Gasteiger partial charge in [0.15, 0.2) is 0 Å². The first-order chi connectivity index (χ1) is 18.6. The Morgan fingerprint density at radius 3 is 2.31 bits per heavy atom. The first-order valence-electron chi connectivity index (χ1n) is 12.6. The number of amides is 2. The molecule has 3 aliphatic heterocycles. The molecular formula is C26H27F4N7O2. The first-order valence-corrected chi connectivity index (χ1v) is 12.6. The number of halogens is 4. The highest BCUT2D eigenvalue weighted by atomic mass is 19.4. The van der Waals surface area contributed by atoms with Gasteiger partial charge in [0.2, 0.25) is 11.9 Å². The second kappa shape index (κ2) is 10.7. The minimum atomic E-state index is -4.91. The maximum atomic E-state index is 15.5. The number of rotatable bonds is 5. The van der Waals surface area contributed by atoms with Crippen LogP contribution in [0.25, 0.3) is 11.1 Å². The number of hydrogen-bond acceptors (Lipinski definition) is 7. The highest BCUT2D eigenvalue weighted by Crippen LogP contribution is 2.37. The largest absolute Gasteiger partial charge is 0.414 e. The van der Waals surface area contributed by atoms with Gasteiger partial charge in [-0.05, 0) is 32.0 Å². The quantitative estimate of drug-likeness (QED) is 0.577. The topological polar surface area (TPSA) is 94.0 Å². The van der Waals surface area contributed by atoms with Gasteiger partial charge >= 0.3 is 6.18 Å². The van der Waals surface area contributed by atoms with Crippen molar-refractivity contribution in [3.8, 4) is 11.1 Å². The second-order valence-electron chi connectivity index (χ2n) is 9.79. The Morgan fingerprint density at radius 2 is 1.67 bits per heavy atom. The van der Waals surface area contributed by atoms with E-state index in [-0.39, 0.29) is 11.3 Å². The molecule has 39 heavy (non-hydrogen) atoms. The number of likely N-dealkylation sites (N-methyl/N-ethyl adjacent to an activating group) is 1. The summed E-state index contributed by atoms with van der Waals surface area (Å²) in [6, 6.07) is 2.65. The number of carbonyl (C=O) groups excluding carboxylic acids is 2. The summed E-state index contributed by atoms with van der Waals surface area (Å²) in [6.07, 6.45) is 1.16. The molecule has 1 atom stereocenters. The van der Waals surface area contributed by atoms with Gasteiger partial charge in [0.25, 0.3) is 5.91 Å². The Bertz CT molecular complexity index is 1310. The van der Waals surface area contributed by atoms with Gasteiger partial charge < -0.3 is 20.0 Å². The molecule has 2 fully saturated rings. The highest BCUT2D eigenvalue weighted by Gasteiger charge is 2.43. The third kappa shape index (κ3) is 5.77. The van der Waals surface area contributed by atoms with Crippen LogP contribution in [0.2, 0.25) is 0 Å². The zero-order valence-electron chi connectivity index (χ0n) is 21.2. The van der Waals surface area contributed by atoms with Gasteiger partial charge in [-0.3, -0.25) is 9.59 Å². The van der Waals surface area contributed by atoms with E-state index in [2.05, 4.69) is 25.2 Å². The van der Waals surface area contributed by atoms with E-state index >= 15 is 4.39 Å². The molecule has 3 aliphatic rings. The molecular weight excluding hydrogens is 518 g/mol. The number of aromatic nitrogens is 2. The molecule has 4 heterocycles. The number of benzene rings is 1. The average molecular weight is 546 g/mol. The molecule has 9 nitrogen and oxygen atoms in total. The molecule has 2 saturated heterocycles. The van der Waals surface area contributed by atoms with Gasteiger partial charge in [-0.1, -0.05) is 0 Å². The van der Waals surface area contributed by atoms with Gasteiger partial charge in [0.05, 0.1) is 16.9 Å². The summed E-state index contributed by atoms with van der Waals surface area (Å²) in [4.78, 5) is 42.8. The monoisotopic (exact) mass is 545 g/mol. The van der Waals surface area contributed by atoms with Gasteiger partial charge in [0.1, 0.15) is 11.7 Å². The van der Waals surface area contributed by atoms with E-state index in [1.54, 1.807) is 0 Å². The van der Waals surface area contributed by atoms with Crippen molar-refractivity contribution in [1.82, 2.24) is 14.9 Å². The number of aliphatic imine (C=N–C) groups is 1. The Balaban J connectivity index is 1.49. The van der Waals surface area contributed by atoms with Crippen LogP contribution in [0.1, 0.15) is 12.8 Å². The third-order valence-electron chi connectivity index (χ3n) is 7.10. The van der Waals surface area contributed by atoms with E-state index in [9.17, 15) is 22.8 Å². The fourth-order valence-electron chi connectivity index (χ4n) is 4.90. The number of hydrogen-bond donors (Lipinski definition) is 1. The number of dihydropyridines is 1. The molecule has 2 aromatic rings. The number of nitrogens with zero attached hydrogens (tertiary/aromatic N) is 6. The summed E-state index contributed by atoms with van der Waals surface area (Å²) in [6.45, 7) is 4.10. The number of anilines is 3. The van der Waals surface area contributed by atoms with Crippen LogP contribution >= 0.6 is 0 Å². The summed E-state index contributed by atoms with van der Waals surface area (Å²) >= 11 is 0. The Hall–Kier alpha value is -3.87. The summed E-state index contributed by atoms with van der Waals surface area (Å²) < 4.78 is 56.3. The maximum Gasteiger partial charge on any atom is 0.414 e. The molecule has 206 valence electrons. The fourth-order valence-corrected chi connectivity index (χ4v) is 4.90. The van der Waals surface area contributed by atoms with Crippen LogP contribution in [0.4, 0.5) is 34.9 Å². The van der Waals surface area contributed by atoms with Crippen molar-refractivity contribution in [3.63, 3.8) is 0 Å². The molecule has 0 saturated carbocycles. The lowest BCUT2D eigenvalue weighted by atomic mass is 9.95. The van der Waals surface area contributed by atoms with E-state index in [0.717, 1.165) is 25.9 Å². The number of nitrogens with one attached hydrogen (secondary N) is 1. The Kier molecular flexibility index (Phi) is 7.34. The van der Waals surface area contributed by atoms with Crippen LogP contribution in [-0.2, 0) is 9.59 Å². The first kappa shape index (κ1) is 26.7. The predicted molar refractivity (Wildman–Crippen MR) is 138 cm³/mol. The van der Waals surface area contributed by atoms with Crippen molar-refractivity contribution in [3.05, 3.63) is 42.0 Å². The minimum absolute atomic E-state index is 0.0928. The lowest BCUT2D eigenvalue weighted by molar-refractivity contribution is -0.124. The Morgan fingerprint density at radius 1 is 1.00 bits per heavy atom. The van der Waals surface area contributed by atoms with Gasteiger partial charge in [-0.2, -0.15) is 13.2 Å². The summed E-state index contributed by atoms with van der Waals surface area (Å²) in [5.41, 5.74) is -0.383.